The van der Waals surface area contributed by atoms with Crippen molar-refractivity contribution in [3.8, 4) is 52.7 Å². The van der Waals surface area contributed by atoms with Crippen LogP contribution in [0.3, 0.4) is 0 Å². The van der Waals surface area contributed by atoms with E-state index >= 15 is 0 Å². The van der Waals surface area contributed by atoms with E-state index in [1.165, 1.54) is 33.5 Å². The van der Waals surface area contributed by atoms with Gasteiger partial charge in [-0.3, -0.25) is 0 Å². The van der Waals surface area contributed by atoms with E-state index in [9.17, 15) is 10.5 Å². The standard InChI is InChI=1S/C23H16N4O3/c1-28-20-10-18(9-16(13-26)14-27)21(23(30-3)22(20)29-2)19-7-5-4-6-17(19)8-15(11-24)12-25/h4-10H,1-3H3. The molecule has 2 rings (SSSR count). The summed E-state index contributed by atoms with van der Waals surface area (Å²) in [5.74, 6) is 0.985. The molecule has 0 heterocycles. The topological polar surface area (TPSA) is 123 Å². The van der Waals surface area contributed by atoms with E-state index in [1.807, 2.05) is 24.3 Å². The number of ether oxygens (including phenoxy) is 3. The summed E-state index contributed by atoms with van der Waals surface area (Å²) in [6, 6.07) is 16.0. The second-order valence-corrected chi connectivity index (χ2v) is 5.76. The molecule has 0 aromatic heterocycles. The summed E-state index contributed by atoms with van der Waals surface area (Å²) < 4.78 is 16.5. The zero-order chi connectivity index (χ0) is 22.1. The summed E-state index contributed by atoms with van der Waals surface area (Å²) in [4.78, 5) is 0. The zero-order valence-electron chi connectivity index (χ0n) is 16.6. The van der Waals surface area contributed by atoms with Crippen LogP contribution in [0, 0.1) is 45.3 Å². The SMILES string of the molecule is COc1cc(C=C(C#N)C#N)c(-c2ccccc2C=C(C#N)C#N)c(OC)c1OC. The van der Waals surface area contributed by atoms with Gasteiger partial charge in [-0.05, 0) is 34.9 Å². The summed E-state index contributed by atoms with van der Waals surface area (Å²) in [6.07, 6.45) is 2.87. The average Bonchev–Trinajstić information content (AvgIpc) is 2.80. The maximum atomic E-state index is 9.23. The van der Waals surface area contributed by atoms with Crippen molar-refractivity contribution in [2.45, 2.75) is 0 Å². The Kier molecular flexibility index (Phi) is 7.19. The van der Waals surface area contributed by atoms with Crippen LogP contribution in [0.4, 0.5) is 0 Å². The number of benzene rings is 2. The Balaban J connectivity index is 3.04. The van der Waals surface area contributed by atoms with Crippen LogP contribution in [0.5, 0.6) is 17.2 Å². The Morgan fingerprint density at radius 1 is 0.733 bits per heavy atom. The van der Waals surface area contributed by atoms with Gasteiger partial charge in [0.05, 0.1) is 21.3 Å². The van der Waals surface area contributed by atoms with Crippen LogP contribution < -0.4 is 14.2 Å². The number of nitrogens with zero attached hydrogens (tertiary/aromatic N) is 4. The molecule has 2 aromatic carbocycles. The van der Waals surface area contributed by atoms with Gasteiger partial charge in [0.25, 0.3) is 0 Å². The molecule has 0 radical (unpaired) electrons. The Hall–Kier alpha value is -4.72. The molecular weight excluding hydrogens is 380 g/mol. The smallest absolute Gasteiger partial charge is 0.203 e. The molecule has 7 heteroatoms. The van der Waals surface area contributed by atoms with Gasteiger partial charge in [-0.25, -0.2) is 0 Å². The molecule has 0 aliphatic heterocycles. The lowest BCUT2D eigenvalue weighted by Crippen LogP contribution is -2.00. The Morgan fingerprint density at radius 3 is 1.77 bits per heavy atom. The highest BCUT2D eigenvalue weighted by Gasteiger charge is 2.23. The van der Waals surface area contributed by atoms with Crippen molar-refractivity contribution in [3.63, 3.8) is 0 Å². The van der Waals surface area contributed by atoms with Crippen LogP contribution in [0.15, 0.2) is 41.5 Å². The third kappa shape index (κ3) is 4.23. The minimum absolute atomic E-state index is 0.0753. The highest BCUT2D eigenvalue weighted by Crippen LogP contribution is 2.48. The Morgan fingerprint density at radius 2 is 1.27 bits per heavy atom. The van der Waals surface area contributed by atoms with Gasteiger partial charge in [0.1, 0.15) is 35.4 Å². The predicted molar refractivity (Wildman–Crippen MR) is 110 cm³/mol. The summed E-state index contributed by atoms with van der Waals surface area (Å²) in [6.45, 7) is 0. The van der Waals surface area contributed by atoms with Crippen molar-refractivity contribution in [2.24, 2.45) is 0 Å². The summed E-state index contributed by atoms with van der Waals surface area (Å²) in [5.41, 5.74) is 1.98. The van der Waals surface area contributed by atoms with Gasteiger partial charge in [0, 0.05) is 5.56 Å². The van der Waals surface area contributed by atoms with Crippen LogP contribution in [-0.4, -0.2) is 21.3 Å². The molecule has 7 nitrogen and oxygen atoms in total. The quantitative estimate of drug-likeness (QED) is 0.669. The first kappa shape index (κ1) is 21.6. The van der Waals surface area contributed by atoms with Crippen molar-refractivity contribution >= 4 is 12.2 Å². The maximum Gasteiger partial charge on any atom is 0.203 e. The Bertz CT molecular complexity index is 1170. The maximum absolute atomic E-state index is 9.23. The second-order valence-electron chi connectivity index (χ2n) is 5.76. The number of nitriles is 4. The fourth-order valence-electron chi connectivity index (χ4n) is 2.91. The molecule has 2 aromatic rings. The highest BCUT2D eigenvalue weighted by molar-refractivity contribution is 5.90. The van der Waals surface area contributed by atoms with E-state index in [-0.39, 0.29) is 11.1 Å². The molecule has 0 unspecified atom stereocenters. The van der Waals surface area contributed by atoms with E-state index in [0.717, 1.165) is 0 Å². The minimum atomic E-state index is -0.117. The summed E-state index contributed by atoms with van der Waals surface area (Å²) >= 11 is 0. The van der Waals surface area contributed by atoms with Gasteiger partial charge >= 0.3 is 0 Å². The van der Waals surface area contributed by atoms with Crippen LogP contribution >= 0.6 is 0 Å². The van der Waals surface area contributed by atoms with Gasteiger partial charge in [0.15, 0.2) is 11.5 Å². The van der Waals surface area contributed by atoms with Crippen molar-refractivity contribution in [3.05, 3.63) is 52.6 Å². The van der Waals surface area contributed by atoms with Crippen molar-refractivity contribution in [1.82, 2.24) is 0 Å². The van der Waals surface area contributed by atoms with Crippen molar-refractivity contribution < 1.29 is 14.2 Å². The largest absolute Gasteiger partial charge is 0.493 e. The molecule has 30 heavy (non-hydrogen) atoms. The van der Waals surface area contributed by atoms with Crippen LogP contribution in [-0.2, 0) is 0 Å². The molecule has 0 saturated carbocycles. The van der Waals surface area contributed by atoms with Gasteiger partial charge in [0.2, 0.25) is 5.75 Å². The number of methoxy groups -OCH3 is 3. The molecule has 0 bridgehead atoms. The molecule has 0 amide bonds. The first-order valence-corrected chi connectivity index (χ1v) is 8.54. The van der Waals surface area contributed by atoms with Crippen molar-refractivity contribution in [2.75, 3.05) is 21.3 Å². The monoisotopic (exact) mass is 396 g/mol. The van der Waals surface area contributed by atoms with E-state index in [4.69, 9.17) is 24.7 Å². The molecule has 0 aliphatic carbocycles. The predicted octanol–water partition coefficient (Wildman–Crippen LogP) is 4.24. The molecule has 0 saturated heterocycles. The van der Waals surface area contributed by atoms with Gasteiger partial charge in [-0.1, -0.05) is 24.3 Å². The minimum Gasteiger partial charge on any atom is -0.493 e. The lowest BCUT2D eigenvalue weighted by molar-refractivity contribution is 0.325. The third-order valence-corrected chi connectivity index (χ3v) is 4.17. The number of rotatable bonds is 6. The van der Waals surface area contributed by atoms with Crippen molar-refractivity contribution in [1.29, 1.82) is 21.0 Å². The van der Waals surface area contributed by atoms with E-state index in [0.29, 0.717) is 39.5 Å². The van der Waals surface area contributed by atoms with Gasteiger partial charge in [-0.2, -0.15) is 21.0 Å². The fraction of sp³-hybridized carbons (Fsp3) is 0.130. The van der Waals surface area contributed by atoms with Gasteiger partial charge < -0.3 is 14.2 Å². The van der Waals surface area contributed by atoms with Crippen LogP contribution in [0.2, 0.25) is 0 Å². The lowest BCUT2D eigenvalue weighted by atomic mass is 9.92. The first-order chi connectivity index (χ1) is 14.6. The Labute approximate surface area is 174 Å². The normalized spacial score (nSPS) is 9.03. The van der Waals surface area contributed by atoms with E-state index < -0.39 is 0 Å². The molecule has 0 aliphatic rings. The first-order valence-electron chi connectivity index (χ1n) is 8.54. The third-order valence-electron chi connectivity index (χ3n) is 4.17. The zero-order valence-corrected chi connectivity index (χ0v) is 16.6. The number of hydrogen-bond acceptors (Lipinski definition) is 7. The van der Waals surface area contributed by atoms with Gasteiger partial charge in [-0.15, -0.1) is 0 Å². The van der Waals surface area contributed by atoms with Crippen LogP contribution in [0.25, 0.3) is 23.3 Å². The fourth-order valence-corrected chi connectivity index (χ4v) is 2.91. The summed E-state index contributed by atoms with van der Waals surface area (Å²) in [5, 5.41) is 36.8. The molecule has 0 fully saturated rings. The number of hydrogen-bond donors (Lipinski definition) is 0. The molecule has 0 N–H and O–H groups in total. The van der Waals surface area contributed by atoms with E-state index in [1.54, 1.807) is 30.3 Å². The second kappa shape index (κ2) is 10.00. The summed E-state index contributed by atoms with van der Waals surface area (Å²) in [7, 11) is 4.38. The van der Waals surface area contributed by atoms with E-state index in [2.05, 4.69) is 0 Å². The molecular formula is C23H16N4O3. The molecule has 0 atom stereocenters. The highest BCUT2D eigenvalue weighted by atomic mass is 16.5. The van der Waals surface area contributed by atoms with Crippen LogP contribution in [0.1, 0.15) is 11.1 Å². The lowest BCUT2D eigenvalue weighted by Gasteiger charge is -2.20. The average molecular weight is 396 g/mol. The number of allylic oxidation sites excluding steroid dienone is 2. The molecule has 146 valence electrons. The molecule has 0 spiro atoms.